The minimum atomic E-state index is -0.311. The molecule has 0 saturated carbocycles. The third kappa shape index (κ3) is 3.41. The van der Waals surface area contributed by atoms with Crippen LogP contribution in [-0.4, -0.2) is 16.2 Å². The van der Waals surface area contributed by atoms with Crippen LogP contribution in [0.3, 0.4) is 0 Å². The normalized spacial score (nSPS) is 10.4. The molecule has 110 valence electrons. The van der Waals surface area contributed by atoms with Crippen LogP contribution in [0.2, 0.25) is 0 Å². The van der Waals surface area contributed by atoms with Gasteiger partial charge in [-0.15, -0.1) is 0 Å². The molecule has 22 heavy (non-hydrogen) atoms. The average Bonchev–Trinajstić information content (AvgIpc) is 2.98. The number of carbonyl (C=O) groups is 1. The lowest BCUT2D eigenvalue weighted by Crippen LogP contribution is -2.01. The number of nitrogens with one attached hydrogen (secondary N) is 1. The van der Waals surface area contributed by atoms with E-state index in [9.17, 15) is 4.79 Å². The zero-order valence-corrected chi connectivity index (χ0v) is 12.2. The van der Waals surface area contributed by atoms with Crippen molar-refractivity contribution in [2.75, 3.05) is 0 Å². The lowest BCUT2D eigenvalue weighted by molar-refractivity contribution is -0.131. The van der Waals surface area contributed by atoms with Crippen LogP contribution < -0.4 is 4.74 Å². The third-order valence-corrected chi connectivity index (χ3v) is 3.28. The second-order valence-electron chi connectivity index (χ2n) is 5.06. The molecule has 0 radical (unpaired) electrons. The first kappa shape index (κ1) is 14.1. The van der Waals surface area contributed by atoms with Gasteiger partial charge in [0, 0.05) is 24.6 Å². The lowest BCUT2D eigenvalue weighted by atomic mass is 10.1. The Morgan fingerprint density at radius 1 is 1.09 bits per heavy atom. The predicted octanol–water partition coefficient (Wildman–Crippen LogP) is 3.59. The van der Waals surface area contributed by atoms with Crippen LogP contribution in [0, 0.1) is 0 Å². The van der Waals surface area contributed by atoms with Gasteiger partial charge in [0.25, 0.3) is 0 Å². The summed E-state index contributed by atoms with van der Waals surface area (Å²) >= 11 is 0. The van der Waals surface area contributed by atoms with E-state index in [0.717, 1.165) is 28.9 Å². The Bertz CT molecular complexity index is 761. The van der Waals surface area contributed by atoms with Crippen molar-refractivity contribution in [2.45, 2.75) is 13.3 Å². The molecule has 0 aliphatic heterocycles. The summed E-state index contributed by atoms with van der Waals surface area (Å²) < 4.78 is 5.02. The van der Waals surface area contributed by atoms with E-state index in [4.69, 9.17) is 4.74 Å². The molecular weight excluding hydrogens is 276 g/mol. The van der Waals surface area contributed by atoms with Crippen LogP contribution in [0.25, 0.3) is 11.3 Å². The van der Waals surface area contributed by atoms with Crippen molar-refractivity contribution in [3.05, 3.63) is 71.9 Å². The number of hydrogen-bond donors (Lipinski definition) is 1. The Hall–Kier alpha value is -2.88. The monoisotopic (exact) mass is 292 g/mol. The average molecular weight is 292 g/mol. The van der Waals surface area contributed by atoms with Gasteiger partial charge in [-0.05, 0) is 23.8 Å². The molecular formula is C18H16N2O2. The van der Waals surface area contributed by atoms with Crippen LogP contribution in [0.5, 0.6) is 5.75 Å². The summed E-state index contributed by atoms with van der Waals surface area (Å²) in [5, 5.41) is 7.41. The van der Waals surface area contributed by atoms with Gasteiger partial charge in [-0.25, -0.2) is 0 Å². The maximum Gasteiger partial charge on any atom is 0.308 e. The van der Waals surface area contributed by atoms with Gasteiger partial charge < -0.3 is 4.74 Å². The van der Waals surface area contributed by atoms with E-state index in [1.165, 1.54) is 6.92 Å². The van der Waals surface area contributed by atoms with E-state index in [2.05, 4.69) is 16.3 Å². The van der Waals surface area contributed by atoms with Crippen LogP contribution in [-0.2, 0) is 11.2 Å². The van der Waals surface area contributed by atoms with Gasteiger partial charge in [-0.3, -0.25) is 9.89 Å². The van der Waals surface area contributed by atoms with E-state index < -0.39 is 0 Å². The van der Waals surface area contributed by atoms with Gasteiger partial charge in [-0.2, -0.15) is 5.10 Å². The molecule has 2 aromatic carbocycles. The Kier molecular flexibility index (Phi) is 4.01. The first-order valence-electron chi connectivity index (χ1n) is 7.08. The quantitative estimate of drug-likeness (QED) is 0.590. The van der Waals surface area contributed by atoms with Crippen LogP contribution in [0.15, 0.2) is 60.7 Å². The van der Waals surface area contributed by atoms with E-state index in [1.54, 1.807) is 12.1 Å². The van der Waals surface area contributed by atoms with E-state index in [-0.39, 0.29) is 5.97 Å². The summed E-state index contributed by atoms with van der Waals surface area (Å²) in [6.07, 6.45) is 0.750. The largest absolute Gasteiger partial charge is 0.427 e. The molecule has 0 spiro atoms. The van der Waals surface area contributed by atoms with Gasteiger partial charge >= 0.3 is 5.97 Å². The fourth-order valence-electron chi connectivity index (χ4n) is 2.27. The number of aromatic nitrogens is 2. The second-order valence-corrected chi connectivity index (χ2v) is 5.06. The van der Waals surface area contributed by atoms with Crippen molar-refractivity contribution in [3.8, 4) is 17.0 Å². The first-order chi connectivity index (χ1) is 10.7. The van der Waals surface area contributed by atoms with Gasteiger partial charge in [0.05, 0.1) is 5.69 Å². The van der Waals surface area contributed by atoms with Gasteiger partial charge in [0.15, 0.2) is 0 Å². The molecule has 4 heteroatoms. The Morgan fingerprint density at radius 3 is 2.50 bits per heavy atom. The SMILES string of the molecule is CC(=O)Oc1ccc(Cc2cc(-c3ccccc3)n[nH]2)cc1. The molecule has 0 unspecified atom stereocenters. The van der Waals surface area contributed by atoms with Gasteiger partial charge in [0.2, 0.25) is 0 Å². The van der Waals surface area contributed by atoms with Crippen molar-refractivity contribution in [2.24, 2.45) is 0 Å². The van der Waals surface area contributed by atoms with Crippen molar-refractivity contribution in [1.29, 1.82) is 0 Å². The number of esters is 1. The third-order valence-electron chi connectivity index (χ3n) is 3.28. The smallest absolute Gasteiger partial charge is 0.308 e. The molecule has 0 aliphatic carbocycles. The standard InChI is InChI=1S/C18H16N2O2/c1-13(21)22-17-9-7-14(8-10-17)11-16-12-18(20-19-16)15-5-3-2-4-6-15/h2-10,12H,11H2,1H3,(H,19,20). The minimum Gasteiger partial charge on any atom is -0.427 e. The number of ether oxygens (including phenoxy) is 1. The zero-order valence-electron chi connectivity index (χ0n) is 12.2. The lowest BCUT2D eigenvalue weighted by Gasteiger charge is -2.02. The maximum atomic E-state index is 10.9. The first-order valence-corrected chi connectivity index (χ1v) is 7.08. The van der Waals surface area contributed by atoms with Crippen molar-refractivity contribution in [1.82, 2.24) is 10.2 Å². The number of nitrogens with zero attached hydrogens (tertiary/aromatic N) is 1. The van der Waals surface area contributed by atoms with Crippen molar-refractivity contribution in [3.63, 3.8) is 0 Å². The summed E-state index contributed by atoms with van der Waals surface area (Å²) in [6.45, 7) is 1.39. The molecule has 0 aliphatic rings. The highest BCUT2D eigenvalue weighted by Crippen LogP contribution is 2.19. The fourth-order valence-corrected chi connectivity index (χ4v) is 2.27. The van der Waals surface area contributed by atoms with Crippen LogP contribution in [0.4, 0.5) is 0 Å². The summed E-state index contributed by atoms with van der Waals surface area (Å²) in [6, 6.07) is 19.6. The Balaban J connectivity index is 1.71. The number of rotatable bonds is 4. The molecule has 4 nitrogen and oxygen atoms in total. The number of hydrogen-bond acceptors (Lipinski definition) is 3. The topological polar surface area (TPSA) is 55.0 Å². The van der Waals surface area contributed by atoms with Crippen LogP contribution >= 0.6 is 0 Å². The molecule has 3 aromatic rings. The fraction of sp³-hybridized carbons (Fsp3) is 0.111. The minimum absolute atomic E-state index is 0.311. The molecule has 1 N–H and O–H groups in total. The summed E-state index contributed by atoms with van der Waals surface area (Å²) in [7, 11) is 0. The molecule has 1 heterocycles. The summed E-state index contributed by atoms with van der Waals surface area (Å²) in [5.74, 6) is 0.250. The highest BCUT2D eigenvalue weighted by molar-refractivity contribution is 5.69. The summed E-state index contributed by atoms with van der Waals surface area (Å²) in [5.41, 5.74) is 4.19. The number of benzene rings is 2. The summed E-state index contributed by atoms with van der Waals surface area (Å²) in [4.78, 5) is 10.9. The van der Waals surface area contributed by atoms with Crippen molar-refractivity contribution < 1.29 is 9.53 Å². The van der Waals surface area contributed by atoms with Crippen LogP contribution in [0.1, 0.15) is 18.2 Å². The molecule has 0 amide bonds. The van der Waals surface area contributed by atoms with Crippen molar-refractivity contribution >= 4 is 5.97 Å². The van der Waals surface area contributed by atoms with E-state index in [0.29, 0.717) is 5.75 Å². The highest BCUT2D eigenvalue weighted by Gasteiger charge is 2.05. The second kappa shape index (κ2) is 6.26. The molecule has 3 rings (SSSR count). The predicted molar refractivity (Wildman–Crippen MR) is 84.6 cm³/mol. The molecule has 0 bridgehead atoms. The molecule has 0 fully saturated rings. The van der Waals surface area contributed by atoms with E-state index >= 15 is 0 Å². The van der Waals surface area contributed by atoms with Gasteiger partial charge in [0.1, 0.15) is 5.75 Å². The number of aromatic amines is 1. The number of carbonyl (C=O) groups excluding carboxylic acids is 1. The molecule has 0 atom stereocenters. The molecule has 1 aromatic heterocycles. The zero-order chi connectivity index (χ0) is 15.4. The molecule has 0 saturated heterocycles. The Morgan fingerprint density at radius 2 is 1.82 bits per heavy atom. The highest BCUT2D eigenvalue weighted by atomic mass is 16.5. The number of H-pyrrole nitrogens is 1. The Labute approximate surface area is 128 Å². The van der Waals surface area contributed by atoms with E-state index in [1.807, 2.05) is 42.5 Å². The van der Waals surface area contributed by atoms with Gasteiger partial charge in [-0.1, -0.05) is 42.5 Å². The maximum absolute atomic E-state index is 10.9.